The number of benzene rings is 2. The van der Waals surface area contributed by atoms with Crippen LogP contribution in [0.5, 0.6) is 0 Å². The molecule has 21 heavy (non-hydrogen) atoms. The summed E-state index contributed by atoms with van der Waals surface area (Å²) >= 11 is 0. The maximum Gasteiger partial charge on any atom is 0.241 e. The molecule has 0 fully saturated rings. The third-order valence-electron chi connectivity index (χ3n) is 3.20. The highest BCUT2D eigenvalue weighted by molar-refractivity contribution is 7.89. The van der Waals surface area contributed by atoms with Crippen LogP contribution >= 0.6 is 0 Å². The average Bonchev–Trinajstić information content (AvgIpc) is 2.46. The van der Waals surface area contributed by atoms with Gasteiger partial charge in [0.15, 0.2) is 0 Å². The third kappa shape index (κ3) is 4.41. The highest BCUT2D eigenvalue weighted by Gasteiger charge is 2.18. The van der Waals surface area contributed by atoms with E-state index in [9.17, 15) is 8.42 Å². The van der Waals surface area contributed by atoms with Crippen molar-refractivity contribution < 1.29 is 8.42 Å². The van der Waals surface area contributed by atoms with Crippen molar-refractivity contribution in [3.63, 3.8) is 0 Å². The maximum absolute atomic E-state index is 12.5. The van der Waals surface area contributed by atoms with E-state index in [0.29, 0.717) is 17.4 Å². The first-order chi connectivity index (χ1) is 9.99. The summed E-state index contributed by atoms with van der Waals surface area (Å²) in [5.41, 5.74) is 1.82. The van der Waals surface area contributed by atoms with Gasteiger partial charge in [0.1, 0.15) is 0 Å². The first-order valence-electron chi connectivity index (χ1n) is 7.10. The van der Waals surface area contributed by atoms with Crippen molar-refractivity contribution in [2.24, 2.45) is 5.92 Å². The Kier molecular flexibility index (Phi) is 5.15. The molecule has 112 valence electrons. The van der Waals surface area contributed by atoms with Gasteiger partial charge in [-0.3, -0.25) is 0 Å². The largest absolute Gasteiger partial charge is 0.241 e. The number of rotatable bonds is 6. The molecule has 0 aliphatic heterocycles. The maximum atomic E-state index is 12.5. The molecule has 0 aromatic heterocycles. The van der Waals surface area contributed by atoms with Gasteiger partial charge >= 0.3 is 0 Å². The van der Waals surface area contributed by atoms with Crippen molar-refractivity contribution in [1.82, 2.24) is 4.72 Å². The molecule has 1 N–H and O–H groups in total. The second kappa shape index (κ2) is 6.87. The van der Waals surface area contributed by atoms with Gasteiger partial charge in [-0.15, -0.1) is 0 Å². The third-order valence-corrected chi connectivity index (χ3v) is 4.70. The molecule has 0 aliphatic rings. The monoisotopic (exact) mass is 303 g/mol. The Labute approximate surface area is 127 Å². The molecule has 0 atom stereocenters. The Hall–Kier alpha value is -1.65. The van der Waals surface area contributed by atoms with E-state index in [0.717, 1.165) is 17.5 Å². The SMILES string of the molecule is CC(C)Cc1ccccc1S(=O)(=O)NCc1ccccc1. The summed E-state index contributed by atoms with van der Waals surface area (Å²) in [4.78, 5) is 0.384. The van der Waals surface area contributed by atoms with Gasteiger partial charge in [0.25, 0.3) is 0 Å². The lowest BCUT2D eigenvalue weighted by Gasteiger charge is -2.13. The van der Waals surface area contributed by atoms with Crippen molar-refractivity contribution in [2.75, 3.05) is 0 Å². The Bertz CT molecular complexity index is 679. The van der Waals surface area contributed by atoms with Crippen LogP contribution in [-0.4, -0.2) is 8.42 Å². The van der Waals surface area contributed by atoms with Gasteiger partial charge in [-0.25, -0.2) is 13.1 Å². The standard InChI is InChI=1S/C17H21NO2S/c1-14(2)12-16-10-6-7-11-17(16)21(19,20)18-13-15-8-4-3-5-9-15/h3-11,14,18H,12-13H2,1-2H3. The first kappa shape index (κ1) is 15.7. The van der Waals surface area contributed by atoms with Gasteiger partial charge in [0, 0.05) is 6.54 Å². The lowest BCUT2D eigenvalue weighted by atomic mass is 10.0. The number of hydrogen-bond donors (Lipinski definition) is 1. The summed E-state index contributed by atoms with van der Waals surface area (Å²) < 4.78 is 27.7. The topological polar surface area (TPSA) is 46.2 Å². The predicted octanol–water partition coefficient (Wildman–Crippen LogP) is 3.36. The summed E-state index contributed by atoms with van der Waals surface area (Å²) in [7, 11) is -3.48. The van der Waals surface area contributed by atoms with E-state index in [-0.39, 0.29) is 0 Å². The molecule has 3 nitrogen and oxygen atoms in total. The minimum atomic E-state index is -3.48. The van der Waals surface area contributed by atoms with Crippen LogP contribution in [0.15, 0.2) is 59.5 Å². The molecule has 0 bridgehead atoms. The summed E-state index contributed by atoms with van der Waals surface area (Å²) in [5.74, 6) is 0.412. The highest BCUT2D eigenvalue weighted by atomic mass is 32.2. The van der Waals surface area contributed by atoms with Crippen molar-refractivity contribution in [3.8, 4) is 0 Å². The average molecular weight is 303 g/mol. The molecule has 2 aromatic carbocycles. The van der Waals surface area contributed by atoms with E-state index < -0.39 is 10.0 Å². The van der Waals surface area contributed by atoms with Crippen LogP contribution in [-0.2, 0) is 23.0 Å². The predicted molar refractivity (Wildman–Crippen MR) is 85.5 cm³/mol. The fraction of sp³-hybridized carbons (Fsp3) is 0.294. The highest BCUT2D eigenvalue weighted by Crippen LogP contribution is 2.19. The molecule has 0 spiro atoms. The molecular weight excluding hydrogens is 282 g/mol. The fourth-order valence-corrected chi connectivity index (χ4v) is 3.49. The van der Waals surface area contributed by atoms with Gasteiger partial charge in [0.05, 0.1) is 4.90 Å². The second-order valence-corrected chi connectivity index (χ2v) is 7.25. The minimum Gasteiger partial charge on any atom is -0.207 e. The van der Waals surface area contributed by atoms with Gasteiger partial charge in [0.2, 0.25) is 10.0 Å². The Balaban J connectivity index is 2.20. The van der Waals surface area contributed by atoms with Crippen LogP contribution in [0.25, 0.3) is 0 Å². The zero-order valence-corrected chi connectivity index (χ0v) is 13.2. The van der Waals surface area contributed by atoms with E-state index in [1.807, 2.05) is 42.5 Å². The van der Waals surface area contributed by atoms with E-state index in [2.05, 4.69) is 18.6 Å². The van der Waals surface area contributed by atoms with E-state index in [1.165, 1.54) is 0 Å². The lowest BCUT2D eigenvalue weighted by Crippen LogP contribution is -2.24. The van der Waals surface area contributed by atoms with E-state index >= 15 is 0 Å². The molecule has 0 saturated heterocycles. The number of nitrogens with one attached hydrogen (secondary N) is 1. The van der Waals surface area contributed by atoms with Gasteiger partial charge in [-0.05, 0) is 29.5 Å². The minimum absolute atomic E-state index is 0.305. The van der Waals surface area contributed by atoms with Crippen molar-refractivity contribution in [3.05, 3.63) is 65.7 Å². The van der Waals surface area contributed by atoms with Gasteiger partial charge in [-0.1, -0.05) is 62.4 Å². The van der Waals surface area contributed by atoms with Crippen LogP contribution < -0.4 is 4.72 Å². The van der Waals surface area contributed by atoms with Crippen LogP contribution in [0, 0.1) is 5.92 Å². The normalized spacial score (nSPS) is 11.8. The first-order valence-corrected chi connectivity index (χ1v) is 8.59. The zero-order valence-electron chi connectivity index (χ0n) is 12.4. The Morgan fingerprint density at radius 3 is 2.24 bits per heavy atom. The molecule has 0 heterocycles. The van der Waals surface area contributed by atoms with E-state index in [1.54, 1.807) is 12.1 Å². The zero-order chi connectivity index (χ0) is 15.3. The molecule has 0 saturated carbocycles. The molecule has 0 radical (unpaired) electrons. The Morgan fingerprint density at radius 1 is 0.952 bits per heavy atom. The summed E-state index contributed by atoms with van der Waals surface area (Å²) in [6, 6.07) is 16.7. The Morgan fingerprint density at radius 2 is 1.57 bits per heavy atom. The quantitative estimate of drug-likeness (QED) is 0.889. The molecule has 2 rings (SSSR count). The number of hydrogen-bond acceptors (Lipinski definition) is 2. The van der Waals surface area contributed by atoms with Crippen molar-refractivity contribution in [1.29, 1.82) is 0 Å². The van der Waals surface area contributed by atoms with Crippen LogP contribution in [0.3, 0.4) is 0 Å². The second-order valence-electron chi connectivity index (χ2n) is 5.52. The van der Waals surface area contributed by atoms with Crippen LogP contribution in [0.4, 0.5) is 0 Å². The van der Waals surface area contributed by atoms with Crippen molar-refractivity contribution >= 4 is 10.0 Å². The van der Waals surface area contributed by atoms with Crippen LogP contribution in [0.1, 0.15) is 25.0 Å². The van der Waals surface area contributed by atoms with Gasteiger partial charge in [-0.2, -0.15) is 0 Å². The summed E-state index contributed by atoms with van der Waals surface area (Å²) in [5, 5.41) is 0. The molecule has 0 amide bonds. The van der Waals surface area contributed by atoms with Crippen molar-refractivity contribution in [2.45, 2.75) is 31.7 Å². The fourth-order valence-electron chi connectivity index (χ4n) is 2.23. The number of sulfonamides is 1. The molecule has 0 unspecified atom stereocenters. The smallest absolute Gasteiger partial charge is 0.207 e. The molecule has 2 aromatic rings. The molecule has 0 aliphatic carbocycles. The van der Waals surface area contributed by atoms with E-state index in [4.69, 9.17) is 0 Å². The van der Waals surface area contributed by atoms with Crippen LogP contribution in [0.2, 0.25) is 0 Å². The summed E-state index contributed by atoms with van der Waals surface area (Å²) in [6.45, 7) is 4.47. The molecular formula is C17H21NO2S. The lowest BCUT2D eigenvalue weighted by molar-refractivity contribution is 0.576. The molecule has 4 heteroatoms. The summed E-state index contributed by atoms with van der Waals surface area (Å²) in [6.07, 6.45) is 0.752. The van der Waals surface area contributed by atoms with Gasteiger partial charge < -0.3 is 0 Å².